The molecule has 0 spiro atoms. The zero-order valence-corrected chi connectivity index (χ0v) is 14.2. The second-order valence-corrected chi connectivity index (χ2v) is 7.41. The number of rotatable bonds is 5. The summed E-state index contributed by atoms with van der Waals surface area (Å²) in [7, 11) is 0. The van der Waals surface area contributed by atoms with Gasteiger partial charge >= 0.3 is 0 Å². The minimum atomic E-state index is 0.148. The highest BCUT2D eigenvalue weighted by Crippen LogP contribution is 2.22. The summed E-state index contributed by atoms with van der Waals surface area (Å²) in [5, 5.41) is 3.51. The van der Waals surface area contributed by atoms with Crippen LogP contribution >= 0.6 is 0 Å². The predicted molar refractivity (Wildman–Crippen MR) is 88.3 cm³/mol. The van der Waals surface area contributed by atoms with Gasteiger partial charge in [0.2, 0.25) is 0 Å². The van der Waals surface area contributed by atoms with Crippen LogP contribution in [0.15, 0.2) is 16.7 Å². The smallest absolute Gasteiger partial charge is 0.118 e. The average molecular weight is 292 g/mol. The molecule has 21 heavy (non-hydrogen) atoms. The van der Waals surface area contributed by atoms with E-state index in [2.05, 4.69) is 44.0 Å². The molecule has 2 heterocycles. The van der Waals surface area contributed by atoms with E-state index < -0.39 is 0 Å². The molecule has 120 valence electrons. The molecule has 3 heteroatoms. The van der Waals surface area contributed by atoms with Gasteiger partial charge in [-0.2, -0.15) is 0 Å². The van der Waals surface area contributed by atoms with E-state index >= 15 is 0 Å². The molecule has 1 atom stereocenters. The molecule has 1 fully saturated rings. The maximum Gasteiger partial charge on any atom is 0.118 e. The van der Waals surface area contributed by atoms with E-state index in [0.29, 0.717) is 0 Å². The second kappa shape index (κ2) is 7.46. The van der Waals surface area contributed by atoms with Crippen LogP contribution < -0.4 is 5.32 Å². The van der Waals surface area contributed by atoms with Gasteiger partial charge in [-0.1, -0.05) is 19.8 Å². The third-order valence-corrected chi connectivity index (χ3v) is 4.36. The van der Waals surface area contributed by atoms with Crippen molar-refractivity contribution >= 4 is 0 Å². The fourth-order valence-corrected chi connectivity index (χ4v) is 3.08. The molecule has 1 aromatic rings. The Labute approximate surface area is 130 Å². The maximum atomic E-state index is 5.78. The summed E-state index contributed by atoms with van der Waals surface area (Å²) in [6, 6.07) is 2.95. The molecule has 1 unspecified atom stereocenters. The molecule has 2 rings (SSSR count). The Morgan fingerprint density at radius 2 is 2.10 bits per heavy atom. The lowest BCUT2D eigenvalue weighted by Gasteiger charge is -2.28. The highest BCUT2D eigenvalue weighted by Gasteiger charge is 2.20. The number of hydrogen-bond acceptors (Lipinski definition) is 3. The maximum absolute atomic E-state index is 5.78. The second-order valence-electron chi connectivity index (χ2n) is 7.41. The number of likely N-dealkylation sites (tertiary alicyclic amines) is 1. The van der Waals surface area contributed by atoms with Gasteiger partial charge < -0.3 is 9.73 Å². The minimum Gasteiger partial charge on any atom is -0.468 e. The van der Waals surface area contributed by atoms with Crippen molar-refractivity contribution in [2.24, 2.45) is 0 Å². The average Bonchev–Trinajstić information content (AvgIpc) is 2.74. The predicted octanol–water partition coefficient (Wildman–Crippen LogP) is 4.32. The topological polar surface area (TPSA) is 28.4 Å². The van der Waals surface area contributed by atoms with Crippen molar-refractivity contribution in [3.8, 4) is 0 Å². The van der Waals surface area contributed by atoms with Gasteiger partial charge in [0.1, 0.15) is 5.76 Å². The van der Waals surface area contributed by atoms with Gasteiger partial charge in [-0.15, -0.1) is 0 Å². The molecule has 0 radical (unpaired) electrons. The molecule has 0 saturated carbocycles. The summed E-state index contributed by atoms with van der Waals surface area (Å²) >= 11 is 0. The lowest BCUT2D eigenvalue weighted by Crippen LogP contribution is -2.35. The molecule has 3 nitrogen and oxygen atoms in total. The molecule has 1 aromatic heterocycles. The lowest BCUT2D eigenvalue weighted by molar-refractivity contribution is 0.172. The third kappa shape index (κ3) is 5.48. The Morgan fingerprint density at radius 3 is 2.81 bits per heavy atom. The Hall–Kier alpha value is -0.800. The van der Waals surface area contributed by atoms with Gasteiger partial charge in [-0.05, 0) is 52.6 Å². The normalized spacial score (nSPS) is 21.4. The third-order valence-electron chi connectivity index (χ3n) is 4.36. The first-order valence-electron chi connectivity index (χ1n) is 8.53. The number of nitrogens with zero attached hydrogens (tertiary/aromatic N) is 1. The molecule has 1 aliphatic rings. The van der Waals surface area contributed by atoms with Crippen LogP contribution in [0.3, 0.4) is 0 Å². The largest absolute Gasteiger partial charge is 0.468 e. The van der Waals surface area contributed by atoms with Crippen LogP contribution in [0.25, 0.3) is 0 Å². The Balaban J connectivity index is 1.91. The molecular formula is C18H32N2O. The van der Waals surface area contributed by atoms with Gasteiger partial charge in [0.15, 0.2) is 0 Å². The zero-order valence-electron chi connectivity index (χ0n) is 14.2. The molecule has 0 bridgehead atoms. The van der Waals surface area contributed by atoms with Crippen LogP contribution in [0.2, 0.25) is 0 Å². The van der Waals surface area contributed by atoms with E-state index in [9.17, 15) is 0 Å². The first kappa shape index (κ1) is 16.6. The van der Waals surface area contributed by atoms with Gasteiger partial charge in [0, 0.05) is 23.7 Å². The summed E-state index contributed by atoms with van der Waals surface area (Å²) < 4.78 is 5.78. The number of hydrogen-bond donors (Lipinski definition) is 1. The van der Waals surface area contributed by atoms with Crippen LogP contribution in [0.4, 0.5) is 0 Å². The van der Waals surface area contributed by atoms with Crippen LogP contribution in [-0.4, -0.2) is 23.0 Å². The summed E-state index contributed by atoms with van der Waals surface area (Å²) in [5.41, 5.74) is 1.40. The summed E-state index contributed by atoms with van der Waals surface area (Å²) in [6.45, 7) is 11.9. The van der Waals surface area contributed by atoms with Gasteiger partial charge in [0.25, 0.3) is 0 Å². The molecule has 0 amide bonds. The molecule has 0 aromatic carbocycles. The molecule has 1 N–H and O–H groups in total. The SMILES string of the molecule is CCC1CCCCCN1Cc1cc(CNC(C)(C)C)co1. The van der Waals surface area contributed by atoms with Crippen molar-refractivity contribution in [3.63, 3.8) is 0 Å². The van der Waals surface area contributed by atoms with Crippen molar-refractivity contribution < 1.29 is 4.42 Å². The zero-order chi connectivity index (χ0) is 15.3. The Kier molecular flexibility index (Phi) is 5.88. The number of nitrogens with one attached hydrogen (secondary N) is 1. The first-order chi connectivity index (χ1) is 9.98. The van der Waals surface area contributed by atoms with E-state index in [0.717, 1.165) is 24.9 Å². The quantitative estimate of drug-likeness (QED) is 0.876. The monoisotopic (exact) mass is 292 g/mol. The highest BCUT2D eigenvalue weighted by molar-refractivity contribution is 5.13. The van der Waals surface area contributed by atoms with Crippen molar-refractivity contribution in [1.29, 1.82) is 0 Å². The van der Waals surface area contributed by atoms with E-state index in [1.807, 2.05) is 6.26 Å². The molecular weight excluding hydrogens is 260 g/mol. The number of furan rings is 1. The molecule has 0 aliphatic carbocycles. The van der Waals surface area contributed by atoms with Gasteiger partial charge in [0.05, 0.1) is 12.8 Å². The molecule has 1 saturated heterocycles. The van der Waals surface area contributed by atoms with Crippen LogP contribution in [0.1, 0.15) is 71.1 Å². The summed E-state index contributed by atoms with van der Waals surface area (Å²) in [5.74, 6) is 1.11. The van der Waals surface area contributed by atoms with Crippen molar-refractivity contribution in [2.75, 3.05) is 6.54 Å². The molecule has 1 aliphatic heterocycles. The van der Waals surface area contributed by atoms with Crippen molar-refractivity contribution in [1.82, 2.24) is 10.2 Å². The summed E-state index contributed by atoms with van der Waals surface area (Å²) in [6.07, 6.45) is 8.59. The minimum absolute atomic E-state index is 0.148. The fraction of sp³-hybridized carbons (Fsp3) is 0.778. The van der Waals surface area contributed by atoms with Crippen LogP contribution in [-0.2, 0) is 13.1 Å². The fourth-order valence-electron chi connectivity index (χ4n) is 3.08. The van der Waals surface area contributed by atoms with E-state index in [4.69, 9.17) is 4.42 Å². The highest BCUT2D eigenvalue weighted by atomic mass is 16.3. The lowest BCUT2D eigenvalue weighted by atomic mass is 10.1. The summed E-state index contributed by atoms with van der Waals surface area (Å²) in [4.78, 5) is 2.62. The van der Waals surface area contributed by atoms with Crippen LogP contribution in [0, 0.1) is 0 Å². The van der Waals surface area contributed by atoms with Crippen molar-refractivity contribution in [2.45, 2.75) is 84.5 Å². The van der Waals surface area contributed by atoms with E-state index in [-0.39, 0.29) is 5.54 Å². The standard InChI is InChI=1S/C18H32N2O/c1-5-16-9-7-6-8-10-20(16)13-17-11-15(14-21-17)12-19-18(2,3)4/h11,14,16,19H,5-10,12-13H2,1-4H3. The van der Waals surface area contributed by atoms with Crippen LogP contribution in [0.5, 0.6) is 0 Å². The first-order valence-corrected chi connectivity index (χ1v) is 8.53. The van der Waals surface area contributed by atoms with Gasteiger partial charge in [-0.3, -0.25) is 4.90 Å². The van der Waals surface area contributed by atoms with Crippen molar-refractivity contribution in [3.05, 3.63) is 23.7 Å². The Morgan fingerprint density at radius 1 is 1.29 bits per heavy atom. The van der Waals surface area contributed by atoms with Gasteiger partial charge in [-0.25, -0.2) is 0 Å². The van der Waals surface area contributed by atoms with E-state index in [1.54, 1.807) is 0 Å². The Bertz CT molecular complexity index is 419. The van der Waals surface area contributed by atoms with E-state index in [1.165, 1.54) is 44.2 Å².